The van der Waals surface area contributed by atoms with Crippen molar-refractivity contribution in [2.45, 2.75) is 0 Å². The maximum absolute atomic E-state index is 10.7. The Hall–Kier alpha value is -1.31. The van der Waals surface area contributed by atoms with Crippen molar-refractivity contribution >= 4 is 5.91 Å². The van der Waals surface area contributed by atoms with Crippen molar-refractivity contribution in [3.63, 3.8) is 0 Å². The van der Waals surface area contributed by atoms with Gasteiger partial charge in [-0.1, -0.05) is 30.9 Å². The van der Waals surface area contributed by atoms with E-state index in [0.29, 0.717) is 12.5 Å². The molecule has 1 rings (SSSR count). The molecule has 0 spiro atoms. The number of carbonyl (C=O) groups is 1. The third-order valence-corrected chi connectivity index (χ3v) is 1.53. The van der Waals surface area contributed by atoms with Gasteiger partial charge in [-0.2, -0.15) is 0 Å². The normalized spacial score (nSPS) is 15.3. The molecule has 0 saturated heterocycles. The first kappa shape index (κ1) is 7.79. The minimum Gasteiger partial charge on any atom is -0.352 e. The molecule has 0 aromatic rings. The van der Waals surface area contributed by atoms with Gasteiger partial charge in [-0.05, 0) is 6.08 Å². The van der Waals surface area contributed by atoms with Gasteiger partial charge in [-0.15, -0.1) is 0 Å². The Morgan fingerprint density at radius 3 is 2.73 bits per heavy atom. The first-order valence-electron chi connectivity index (χ1n) is 3.58. The number of hydrogen-bond acceptors (Lipinski definition) is 1. The van der Waals surface area contributed by atoms with Crippen LogP contribution in [0.25, 0.3) is 0 Å². The third kappa shape index (κ3) is 2.42. The topological polar surface area (TPSA) is 29.1 Å². The second-order valence-electron chi connectivity index (χ2n) is 2.38. The van der Waals surface area contributed by atoms with Crippen LogP contribution in [0, 0.1) is 5.92 Å². The second-order valence-corrected chi connectivity index (χ2v) is 2.38. The summed E-state index contributed by atoms with van der Waals surface area (Å²) in [6, 6.07) is 0. The third-order valence-electron chi connectivity index (χ3n) is 1.53. The molecule has 1 aliphatic rings. The molecule has 1 amide bonds. The molecule has 0 aromatic heterocycles. The van der Waals surface area contributed by atoms with Crippen molar-refractivity contribution < 1.29 is 4.79 Å². The predicted octanol–water partition coefficient (Wildman–Crippen LogP) is 1.03. The molecule has 0 radical (unpaired) electrons. The lowest BCUT2D eigenvalue weighted by Gasteiger charge is -2.04. The Morgan fingerprint density at radius 2 is 2.18 bits per heavy atom. The zero-order chi connectivity index (χ0) is 8.10. The number of allylic oxidation sites excluding steroid dienone is 2. The largest absolute Gasteiger partial charge is 0.352 e. The molecule has 0 fully saturated rings. The highest BCUT2D eigenvalue weighted by Gasteiger charge is 2.03. The molecule has 2 heteroatoms. The van der Waals surface area contributed by atoms with Gasteiger partial charge >= 0.3 is 0 Å². The van der Waals surface area contributed by atoms with Crippen LogP contribution >= 0.6 is 0 Å². The van der Waals surface area contributed by atoms with Crippen molar-refractivity contribution in [1.82, 2.24) is 5.32 Å². The predicted molar refractivity (Wildman–Crippen MR) is 45.0 cm³/mol. The molecule has 0 bridgehead atoms. The minimum atomic E-state index is -0.112. The quantitative estimate of drug-likeness (QED) is 0.596. The first-order chi connectivity index (χ1) is 5.33. The van der Waals surface area contributed by atoms with Crippen LogP contribution < -0.4 is 5.32 Å². The molecule has 11 heavy (non-hydrogen) atoms. The molecule has 0 aromatic carbocycles. The van der Waals surface area contributed by atoms with Gasteiger partial charge in [-0.3, -0.25) is 4.79 Å². The van der Waals surface area contributed by atoms with E-state index in [1.54, 1.807) is 0 Å². The summed E-state index contributed by atoms with van der Waals surface area (Å²) in [4.78, 5) is 10.7. The van der Waals surface area contributed by atoms with E-state index in [0.717, 1.165) is 0 Å². The lowest BCUT2D eigenvalue weighted by atomic mass is 10.2. The SMILES string of the molecule is C=CC(=O)NCC1C=CC=C1. The van der Waals surface area contributed by atoms with E-state index in [4.69, 9.17) is 0 Å². The van der Waals surface area contributed by atoms with Crippen molar-refractivity contribution in [2.24, 2.45) is 5.92 Å². The van der Waals surface area contributed by atoms with E-state index in [2.05, 4.69) is 11.9 Å². The molecule has 58 valence electrons. The van der Waals surface area contributed by atoms with Crippen LogP contribution in [0.5, 0.6) is 0 Å². The molecular formula is C9H11NO. The lowest BCUT2D eigenvalue weighted by molar-refractivity contribution is -0.116. The Labute approximate surface area is 66.3 Å². The fourth-order valence-corrected chi connectivity index (χ4v) is 0.905. The van der Waals surface area contributed by atoms with Crippen LogP contribution in [0.3, 0.4) is 0 Å². The van der Waals surface area contributed by atoms with Crippen LogP contribution in [0.1, 0.15) is 0 Å². The van der Waals surface area contributed by atoms with Gasteiger partial charge in [0.25, 0.3) is 0 Å². The van der Waals surface area contributed by atoms with Gasteiger partial charge in [0, 0.05) is 12.5 Å². The van der Waals surface area contributed by atoms with Gasteiger partial charge in [0.05, 0.1) is 0 Å². The van der Waals surface area contributed by atoms with Crippen LogP contribution in [0.4, 0.5) is 0 Å². The number of carbonyl (C=O) groups excluding carboxylic acids is 1. The summed E-state index contributed by atoms with van der Waals surface area (Å²) in [5, 5.41) is 2.71. The molecule has 0 saturated carbocycles. The zero-order valence-electron chi connectivity index (χ0n) is 6.29. The molecule has 1 N–H and O–H groups in total. The summed E-state index contributed by atoms with van der Waals surface area (Å²) in [5.41, 5.74) is 0. The minimum absolute atomic E-state index is 0.112. The number of amides is 1. The summed E-state index contributed by atoms with van der Waals surface area (Å²) in [7, 11) is 0. The number of rotatable bonds is 3. The van der Waals surface area contributed by atoms with Gasteiger partial charge in [-0.25, -0.2) is 0 Å². The van der Waals surface area contributed by atoms with Crippen LogP contribution in [-0.4, -0.2) is 12.5 Å². The first-order valence-corrected chi connectivity index (χ1v) is 3.58. The smallest absolute Gasteiger partial charge is 0.243 e. The fourth-order valence-electron chi connectivity index (χ4n) is 0.905. The summed E-state index contributed by atoms with van der Waals surface area (Å²) in [6.07, 6.45) is 9.32. The maximum Gasteiger partial charge on any atom is 0.243 e. The summed E-state index contributed by atoms with van der Waals surface area (Å²) in [6.45, 7) is 4.02. The van der Waals surface area contributed by atoms with Crippen molar-refractivity contribution in [2.75, 3.05) is 6.54 Å². The van der Waals surface area contributed by atoms with Crippen molar-refractivity contribution in [3.8, 4) is 0 Å². The molecule has 0 atom stereocenters. The van der Waals surface area contributed by atoms with Crippen LogP contribution in [-0.2, 0) is 4.79 Å². The Balaban J connectivity index is 2.22. The van der Waals surface area contributed by atoms with Crippen molar-refractivity contribution in [3.05, 3.63) is 37.0 Å². The standard InChI is InChI=1S/C9H11NO/c1-2-9(11)10-7-8-5-3-4-6-8/h2-6,8H,1,7H2,(H,10,11). The maximum atomic E-state index is 10.7. The summed E-state index contributed by atoms with van der Waals surface area (Å²) in [5.74, 6) is 0.248. The Bertz CT molecular complexity index is 204. The number of nitrogens with one attached hydrogen (secondary N) is 1. The summed E-state index contributed by atoms with van der Waals surface area (Å²) >= 11 is 0. The molecular weight excluding hydrogens is 138 g/mol. The Morgan fingerprint density at radius 1 is 1.55 bits per heavy atom. The fraction of sp³-hybridized carbons (Fsp3) is 0.222. The van der Waals surface area contributed by atoms with E-state index >= 15 is 0 Å². The van der Waals surface area contributed by atoms with Gasteiger partial charge < -0.3 is 5.32 Å². The van der Waals surface area contributed by atoms with E-state index in [-0.39, 0.29) is 5.91 Å². The zero-order valence-corrected chi connectivity index (χ0v) is 6.29. The van der Waals surface area contributed by atoms with E-state index in [9.17, 15) is 4.79 Å². The van der Waals surface area contributed by atoms with Gasteiger partial charge in [0.1, 0.15) is 0 Å². The molecule has 2 nitrogen and oxygen atoms in total. The lowest BCUT2D eigenvalue weighted by Crippen LogP contribution is -2.25. The average molecular weight is 149 g/mol. The van der Waals surface area contributed by atoms with Gasteiger partial charge in [0.15, 0.2) is 0 Å². The van der Waals surface area contributed by atoms with E-state index < -0.39 is 0 Å². The average Bonchev–Trinajstić information content (AvgIpc) is 2.52. The molecule has 0 heterocycles. The highest BCUT2D eigenvalue weighted by atomic mass is 16.1. The molecule has 1 aliphatic carbocycles. The number of hydrogen-bond donors (Lipinski definition) is 1. The van der Waals surface area contributed by atoms with E-state index in [1.807, 2.05) is 24.3 Å². The van der Waals surface area contributed by atoms with E-state index in [1.165, 1.54) is 6.08 Å². The highest BCUT2D eigenvalue weighted by Crippen LogP contribution is 2.06. The monoisotopic (exact) mass is 149 g/mol. The molecule has 0 unspecified atom stereocenters. The van der Waals surface area contributed by atoms with Gasteiger partial charge in [0.2, 0.25) is 5.91 Å². The highest BCUT2D eigenvalue weighted by molar-refractivity contribution is 5.86. The molecule has 0 aliphatic heterocycles. The van der Waals surface area contributed by atoms with Crippen molar-refractivity contribution in [1.29, 1.82) is 0 Å². The van der Waals surface area contributed by atoms with Crippen LogP contribution in [0.2, 0.25) is 0 Å². The Kier molecular flexibility index (Phi) is 2.66. The summed E-state index contributed by atoms with van der Waals surface area (Å²) < 4.78 is 0. The second kappa shape index (κ2) is 3.76. The van der Waals surface area contributed by atoms with Crippen LogP contribution in [0.15, 0.2) is 37.0 Å².